The van der Waals surface area contributed by atoms with Gasteiger partial charge in [-0.25, -0.2) is 0 Å². The monoisotopic (exact) mass is 322 g/mol. The van der Waals surface area contributed by atoms with Crippen LogP contribution < -0.4 is 4.90 Å². The molecule has 0 bridgehead atoms. The molecule has 0 aromatic heterocycles. The van der Waals surface area contributed by atoms with E-state index in [1.54, 1.807) is 0 Å². The van der Waals surface area contributed by atoms with Crippen molar-refractivity contribution >= 4 is 11.6 Å². The highest BCUT2D eigenvalue weighted by atomic mass is 16.2. The van der Waals surface area contributed by atoms with E-state index in [4.69, 9.17) is 0 Å². The number of carbonyl (C=O) groups is 1. The fraction of sp³-hybridized carbons (Fsp3) is 0.381. The van der Waals surface area contributed by atoms with Gasteiger partial charge in [-0.05, 0) is 43.0 Å². The molecule has 0 aliphatic carbocycles. The maximum atomic E-state index is 13.0. The largest absolute Gasteiger partial charge is 0.307 e. The van der Waals surface area contributed by atoms with Crippen LogP contribution in [0.1, 0.15) is 25.3 Å². The molecule has 126 valence electrons. The number of amides is 1. The van der Waals surface area contributed by atoms with Crippen molar-refractivity contribution in [1.82, 2.24) is 4.90 Å². The molecule has 0 spiro atoms. The Balaban J connectivity index is 1.75. The molecule has 2 aromatic carbocycles. The summed E-state index contributed by atoms with van der Waals surface area (Å²) in [5.41, 5.74) is 2.12. The highest BCUT2D eigenvalue weighted by molar-refractivity contribution is 5.94. The minimum absolute atomic E-state index is 0.180. The van der Waals surface area contributed by atoms with Crippen molar-refractivity contribution in [2.75, 3.05) is 24.5 Å². The molecule has 1 atom stereocenters. The number of hydrogen-bond acceptors (Lipinski definition) is 2. The lowest BCUT2D eigenvalue weighted by atomic mass is 10.0. The summed E-state index contributed by atoms with van der Waals surface area (Å²) >= 11 is 0. The molecule has 1 saturated heterocycles. The van der Waals surface area contributed by atoms with E-state index in [9.17, 15) is 4.79 Å². The Kier molecular flexibility index (Phi) is 5.65. The maximum absolute atomic E-state index is 13.0. The fourth-order valence-corrected chi connectivity index (χ4v) is 3.40. The van der Waals surface area contributed by atoms with Crippen LogP contribution in [-0.4, -0.2) is 30.4 Å². The zero-order valence-electron chi connectivity index (χ0n) is 14.4. The van der Waals surface area contributed by atoms with E-state index in [2.05, 4.69) is 24.0 Å². The number of anilines is 1. The third-order valence-corrected chi connectivity index (χ3v) is 4.65. The van der Waals surface area contributed by atoms with E-state index in [-0.39, 0.29) is 5.91 Å². The third kappa shape index (κ3) is 4.45. The first-order valence-electron chi connectivity index (χ1n) is 8.84. The summed E-state index contributed by atoms with van der Waals surface area (Å²) in [6.07, 6.45) is 2.47. The second-order valence-corrected chi connectivity index (χ2v) is 6.78. The van der Waals surface area contributed by atoms with Gasteiger partial charge in [-0.1, -0.05) is 55.5 Å². The van der Waals surface area contributed by atoms with E-state index >= 15 is 0 Å². The molecule has 3 heteroatoms. The molecule has 1 unspecified atom stereocenters. The summed E-state index contributed by atoms with van der Waals surface area (Å²) in [6.45, 7) is 5.46. The number of carbonyl (C=O) groups excluding carboxylic acids is 1. The molecule has 0 N–H and O–H groups in total. The van der Waals surface area contributed by atoms with Crippen LogP contribution in [0.3, 0.4) is 0 Å². The maximum Gasteiger partial charge on any atom is 0.241 e. The zero-order chi connectivity index (χ0) is 16.8. The van der Waals surface area contributed by atoms with E-state index in [0.29, 0.717) is 19.0 Å². The zero-order valence-corrected chi connectivity index (χ0v) is 14.4. The molecule has 0 radical (unpaired) electrons. The van der Waals surface area contributed by atoms with Gasteiger partial charge in [0.15, 0.2) is 0 Å². The molecule has 1 fully saturated rings. The lowest BCUT2D eigenvalue weighted by Gasteiger charge is -2.32. The molecule has 0 saturated carbocycles. The van der Waals surface area contributed by atoms with Crippen LogP contribution in [-0.2, 0) is 11.3 Å². The molecule has 3 rings (SSSR count). The summed E-state index contributed by atoms with van der Waals surface area (Å²) < 4.78 is 0. The number of para-hydroxylation sites is 1. The molecular formula is C21H26N2O. The van der Waals surface area contributed by atoms with Gasteiger partial charge in [0, 0.05) is 12.2 Å². The minimum atomic E-state index is 0.180. The SMILES string of the molecule is CC1CCCN(CC(=O)N(Cc2ccccc2)c2ccccc2)C1. The molecule has 1 heterocycles. The third-order valence-electron chi connectivity index (χ3n) is 4.65. The number of likely N-dealkylation sites (tertiary alicyclic amines) is 1. The predicted molar refractivity (Wildman–Crippen MR) is 98.9 cm³/mol. The molecule has 3 nitrogen and oxygen atoms in total. The smallest absolute Gasteiger partial charge is 0.241 e. The van der Waals surface area contributed by atoms with E-state index in [0.717, 1.165) is 24.3 Å². The predicted octanol–water partition coefficient (Wildman–Crippen LogP) is 3.95. The molecule has 1 aliphatic heterocycles. The van der Waals surface area contributed by atoms with Gasteiger partial charge in [0.25, 0.3) is 0 Å². The van der Waals surface area contributed by atoms with Crippen molar-refractivity contribution in [3.63, 3.8) is 0 Å². The summed E-state index contributed by atoms with van der Waals surface area (Å²) in [5, 5.41) is 0. The van der Waals surface area contributed by atoms with Crippen LogP contribution >= 0.6 is 0 Å². The lowest BCUT2D eigenvalue weighted by Crippen LogP contribution is -2.43. The summed E-state index contributed by atoms with van der Waals surface area (Å²) in [4.78, 5) is 17.2. The molecule has 1 aliphatic rings. The van der Waals surface area contributed by atoms with Crippen LogP contribution in [0.2, 0.25) is 0 Å². The summed E-state index contributed by atoms with van der Waals surface area (Å²) in [5.74, 6) is 0.866. The Hall–Kier alpha value is -2.13. The molecule has 24 heavy (non-hydrogen) atoms. The van der Waals surface area contributed by atoms with E-state index < -0.39 is 0 Å². The number of rotatable bonds is 5. The topological polar surface area (TPSA) is 23.6 Å². The van der Waals surface area contributed by atoms with Gasteiger partial charge in [-0.3, -0.25) is 9.69 Å². The van der Waals surface area contributed by atoms with Crippen molar-refractivity contribution in [3.8, 4) is 0 Å². The van der Waals surface area contributed by atoms with Crippen molar-refractivity contribution in [1.29, 1.82) is 0 Å². The van der Waals surface area contributed by atoms with Crippen LogP contribution in [0.15, 0.2) is 60.7 Å². The number of hydrogen-bond donors (Lipinski definition) is 0. The normalized spacial score (nSPS) is 18.3. The van der Waals surface area contributed by atoms with Crippen molar-refractivity contribution < 1.29 is 4.79 Å². The first-order chi connectivity index (χ1) is 11.7. The van der Waals surface area contributed by atoms with E-state index in [1.807, 2.05) is 53.4 Å². The highest BCUT2D eigenvalue weighted by Crippen LogP contribution is 2.19. The van der Waals surface area contributed by atoms with Crippen molar-refractivity contribution in [2.45, 2.75) is 26.3 Å². The average Bonchev–Trinajstić information content (AvgIpc) is 2.61. The molecule has 2 aromatic rings. The Morgan fingerprint density at radius 3 is 2.42 bits per heavy atom. The second kappa shape index (κ2) is 8.11. The van der Waals surface area contributed by atoms with Gasteiger partial charge in [-0.2, -0.15) is 0 Å². The van der Waals surface area contributed by atoms with Crippen molar-refractivity contribution in [2.24, 2.45) is 5.92 Å². The molecular weight excluding hydrogens is 296 g/mol. The molecule has 1 amide bonds. The second-order valence-electron chi connectivity index (χ2n) is 6.78. The fourth-order valence-electron chi connectivity index (χ4n) is 3.40. The van der Waals surface area contributed by atoms with Gasteiger partial charge in [-0.15, -0.1) is 0 Å². The number of nitrogens with zero attached hydrogens (tertiary/aromatic N) is 2. The number of benzene rings is 2. The van der Waals surface area contributed by atoms with Gasteiger partial charge in [0.2, 0.25) is 5.91 Å². The Morgan fingerprint density at radius 2 is 1.75 bits per heavy atom. The van der Waals surface area contributed by atoms with Crippen LogP contribution in [0, 0.1) is 5.92 Å². The van der Waals surface area contributed by atoms with Gasteiger partial charge < -0.3 is 4.90 Å². The first kappa shape index (κ1) is 16.7. The summed E-state index contributed by atoms with van der Waals surface area (Å²) in [7, 11) is 0. The van der Waals surface area contributed by atoms with Crippen molar-refractivity contribution in [3.05, 3.63) is 66.2 Å². The van der Waals surface area contributed by atoms with Crippen LogP contribution in [0.25, 0.3) is 0 Å². The summed E-state index contributed by atoms with van der Waals surface area (Å²) in [6, 6.07) is 20.2. The average molecular weight is 322 g/mol. The van der Waals surface area contributed by atoms with Gasteiger partial charge in [0.05, 0.1) is 13.1 Å². The van der Waals surface area contributed by atoms with E-state index in [1.165, 1.54) is 12.8 Å². The Morgan fingerprint density at radius 1 is 1.08 bits per heavy atom. The Bertz CT molecular complexity index is 641. The standard InChI is InChI=1S/C21H26N2O/c1-18-9-8-14-22(15-18)17-21(24)23(20-12-6-3-7-13-20)16-19-10-4-2-5-11-19/h2-7,10-13,18H,8-9,14-17H2,1H3. The first-order valence-corrected chi connectivity index (χ1v) is 8.84. The highest BCUT2D eigenvalue weighted by Gasteiger charge is 2.22. The van der Waals surface area contributed by atoms with Crippen LogP contribution in [0.5, 0.6) is 0 Å². The Labute approximate surface area is 144 Å². The quantitative estimate of drug-likeness (QED) is 0.832. The van der Waals surface area contributed by atoms with Gasteiger partial charge in [0.1, 0.15) is 0 Å². The lowest BCUT2D eigenvalue weighted by molar-refractivity contribution is -0.120. The number of piperidine rings is 1. The van der Waals surface area contributed by atoms with Gasteiger partial charge >= 0.3 is 0 Å². The van der Waals surface area contributed by atoms with Crippen LogP contribution in [0.4, 0.5) is 5.69 Å². The minimum Gasteiger partial charge on any atom is -0.307 e.